The lowest BCUT2D eigenvalue weighted by atomic mass is 10.3. The first-order valence-electron chi connectivity index (χ1n) is 6.28. The van der Waals surface area contributed by atoms with E-state index in [1.54, 1.807) is 23.1 Å². The number of aryl methyl sites for hydroxylation is 1. The normalized spacial score (nSPS) is 19.3. The third kappa shape index (κ3) is 5.06. The van der Waals surface area contributed by atoms with E-state index >= 15 is 0 Å². The van der Waals surface area contributed by atoms with Crippen LogP contribution in [0.25, 0.3) is 0 Å². The highest BCUT2D eigenvalue weighted by Crippen LogP contribution is 2.21. The van der Waals surface area contributed by atoms with Gasteiger partial charge < -0.3 is 15.4 Å². The summed E-state index contributed by atoms with van der Waals surface area (Å²) < 4.78 is 6.36. The number of carbonyl (C=O) groups excluding carboxylic acids is 1. The highest BCUT2D eigenvalue weighted by molar-refractivity contribution is 8.01. The number of nitrogens with one attached hydrogen (secondary N) is 2. The Labute approximate surface area is 120 Å². The van der Waals surface area contributed by atoms with Gasteiger partial charge in [-0.3, -0.25) is 4.79 Å². The van der Waals surface area contributed by atoms with E-state index in [0.717, 1.165) is 28.1 Å². The predicted octanol–water partition coefficient (Wildman–Crippen LogP) is 0.433. The number of hydrogen-bond acceptors (Lipinski definition) is 7. The van der Waals surface area contributed by atoms with Gasteiger partial charge in [-0.25, -0.2) is 0 Å². The van der Waals surface area contributed by atoms with Crippen LogP contribution in [0, 0.1) is 6.92 Å². The molecule has 1 fully saturated rings. The number of morpholine rings is 1. The molecule has 1 aliphatic heterocycles. The van der Waals surface area contributed by atoms with Crippen molar-refractivity contribution < 1.29 is 9.53 Å². The smallest absolute Gasteiger partial charge is 0.250 e. The molecule has 1 aliphatic rings. The molecule has 1 saturated heterocycles. The Morgan fingerprint density at radius 3 is 3.21 bits per heavy atom. The molecule has 0 aromatic carbocycles. The minimum Gasteiger partial charge on any atom is -0.366 e. The van der Waals surface area contributed by atoms with E-state index in [4.69, 9.17) is 4.74 Å². The molecule has 2 heterocycles. The van der Waals surface area contributed by atoms with Crippen LogP contribution in [-0.2, 0) is 9.53 Å². The fourth-order valence-corrected chi connectivity index (χ4v) is 3.45. The molecule has 19 heavy (non-hydrogen) atoms. The largest absolute Gasteiger partial charge is 0.366 e. The molecule has 106 valence electrons. The molecule has 1 aromatic heterocycles. The molecule has 2 N–H and O–H groups in total. The van der Waals surface area contributed by atoms with Gasteiger partial charge in [-0.15, -0.1) is 10.2 Å². The van der Waals surface area contributed by atoms with E-state index in [1.807, 2.05) is 6.92 Å². The Kier molecular flexibility index (Phi) is 6.02. The van der Waals surface area contributed by atoms with Gasteiger partial charge in [-0.1, -0.05) is 23.1 Å². The minimum absolute atomic E-state index is 0.0241. The van der Waals surface area contributed by atoms with Crippen LogP contribution in [0.2, 0.25) is 0 Å². The van der Waals surface area contributed by atoms with Crippen molar-refractivity contribution in [1.29, 1.82) is 0 Å². The lowest BCUT2D eigenvalue weighted by molar-refractivity contribution is -0.134. The fourth-order valence-electron chi connectivity index (χ4n) is 1.63. The van der Waals surface area contributed by atoms with E-state index in [-0.39, 0.29) is 12.0 Å². The molecule has 0 saturated carbocycles. The second kappa shape index (κ2) is 7.78. The van der Waals surface area contributed by atoms with Gasteiger partial charge in [0.25, 0.3) is 0 Å². The zero-order valence-electron chi connectivity index (χ0n) is 10.8. The molecule has 6 nitrogen and oxygen atoms in total. The fraction of sp³-hybridized carbons (Fsp3) is 0.727. The van der Waals surface area contributed by atoms with Crippen molar-refractivity contribution in [2.75, 3.05) is 32.0 Å². The average Bonchev–Trinajstić information content (AvgIpc) is 2.85. The van der Waals surface area contributed by atoms with Crippen LogP contribution in [0.1, 0.15) is 11.4 Å². The molecule has 1 amide bonds. The average molecular weight is 302 g/mol. The summed E-state index contributed by atoms with van der Waals surface area (Å²) in [5.74, 6) is 0.905. The van der Waals surface area contributed by atoms with E-state index in [0.29, 0.717) is 19.7 Å². The highest BCUT2D eigenvalue weighted by atomic mass is 32.2. The number of carbonyl (C=O) groups is 1. The van der Waals surface area contributed by atoms with Crippen molar-refractivity contribution in [2.24, 2.45) is 0 Å². The Bertz CT molecular complexity index is 407. The van der Waals surface area contributed by atoms with Crippen LogP contribution >= 0.6 is 23.1 Å². The van der Waals surface area contributed by atoms with Crippen LogP contribution in [-0.4, -0.2) is 54.2 Å². The molecule has 0 aliphatic carbocycles. The van der Waals surface area contributed by atoms with Crippen molar-refractivity contribution in [3.05, 3.63) is 5.01 Å². The Balaban J connectivity index is 1.55. The Hall–Kier alpha value is -0.700. The molecular formula is C11H18N4O2S2. The van der Waals surface area contributed by atoms with Gasteiger partial charge in [0.2, 0.25) is 5.91 Å². The van der Waals surface area contributed by atoms with Gasteiger partial charge in [0, 0.05) is 25.4 Å². The van der Waals surface area contributed by atoms with E-state index in [1.165, 1.54) is 0 Å². The van der Waals surface area contributed by atoms with Gasteiger partial charge >= 0.3 is 0 Å². The molecule has 0 bridgehead atoms. The molecule has 0 spiro atoms. The van der Waals surface area contributed by atoms with E-state index < -0.39 is 0 Å². The molecule has 2 rings (SSSR count). The zero-order valence-corrected chi connectivity index (χ0v) is 12.5. The van der Waals surface area contributed by atoms with Crippen molar-refractivity contribution in [1.82, 2.24) is 20.8 Å². The predicted molar refractivity (Wildman–Crippen MR) is 75.6 cm³/mol. The quantitative estimate of drug-likeness (QED) is 0.586. The van der Waals surface area contributed by atoms with Crippen molar-refractivity contribution >= 4 is 29.0 Å². The minimum atomic E-state index is -0.341. The maximum Gasteiger partial charge on any atom is 0.250 e. The second-order valence-corrected chi connectivity index (χ2v) is 6.67. The van der Waals surface area contributed by atoms with Crippen molar-refractivity contribution in [3.63, 3.8) is 0 Å². The lowest BCUT2D eigenvalue weighted by Crippen LogP contribution is -2.48. The van der Waals surface area contributed by atoms with Crippen LogP contribution in [0.3, 0.4) is 0 Å². The summed E-state index contributed by atoms with van der Waals surface area (Å²) in [5, 5.41) is 15.0. The van der Waals surface area contributed by atoms with Gasteiger partial charge in [0.1, 0.15) is 11.1 Å². The molecular weight excluding hydrogens is 284 g/mol. The molecule has 0 unspecified atom stereocenters. The van der Waals surface area contributed by atoms with Crippen molar-refractivity contribution in [2.45, 2.75) is 23.8 Å². The van der Waals surface area contributed by atoms with E-state index in [2.05, 4.69) is 20.8 Å². The van der Waals surface area contributed by atoms with Gasteiger partial charge in [-0.2, -0.15) is 0 Å². The van der Waals surface area contributed by atoms with Crippen LogP contribution in [0.5, 0.6) is 0 Å². The van der Waals surface area contributed by atoms with Gasteiger partial charge in [-0.05, 0) is 13.3 Å². The summed E-state index contributed by atoms with van der Waals surface area (Å²) in [6.45, 7) is 4.64. The van der Waals surface area contributed by atoms with Crippen LogP contribution in [0.15, 0.2) is 4.34 Å². The SMILES string of the molecule is Cc1nnc(SCCCNC(=O)[C@@H]2CNCCO2)s1. The summed E-state index contributed by atoms with van der Waals surface area (Å²) in [6, 6.07) is 0. The molecule has 1 atom stereocenters. The molecule has 1 aromatic rings. The first-order chi connectivity index (χ1) is 9.25. The zero-order chi connectivity index (χ0) is 13.5. The summed E-state index contributed by atoms with van der Waals surface area (Å²) in [4.78, 5) is 11.7. The second-order valence-electron chi connectivity index (χ2n) is 4.14. The highest BCUT2D eigenvalue weighted by Gasteiger charge is 2.20. The maximum atomic E-state index is 11.7. The topological polar surface area (TPSA) is 76.1 Å². The standard InChI is InChI=1S/C11H18N4O2S2/c1-8-14-15-11(19-8)18-6-2-3-13-10(16)9-7-12-4-5-17-9/h9,12H,2-7H2,1H3,(H,13,16)/t9-/m0/s1. The molecule has 8 heteroatoms. The Morgan fingerprint density at radius 2 is 2.53 bits per heavy atom. The summed E-state index contributed by atoms with van der Waals surface area (Å²) >= 11 is 3.28. The number of hydrogen-bond donors (Lipinski definition) is 2. The summed E-state index contributed by atoms with van der Waals surface area (Å²) in [5.41, 5.74) is 0. The van der Waals surface area contributed by atoms with Crippen LogP contribution in [0.4, 0.5) is 0 Å². The first kappa shape index (κ1) is 14.7. The number of amides is 1. The van der Waals surface area contributed by atoms with Crippen molar-refractivity contribution in [3.8, 4) is 0 Å². The third-order valence-corrected chi connectivity index (χ3v) is 4.63. The third-order valence-electron chi connectivity index (χ3n) is 2.57. The number of rotatable bonds is 6. The summed E-state index contributed by atoms with van der Waals surface area (Å²) in [7, 11) is 0. The van der Waals surface area contributed by atoms with E-state index in [9.17, 15) is 4.79 Å². The number of nitrogens with zero attached hydrogens (tertiary/aromatic N) is 2. The summed E-state index contributed by atoms with van der Waals surface area (Å²) in [6.07, 6.45) is 0.571. The molecule has 0 radical (unpaired) electrons. The van der Waals surface area contributed by atoms with Crippen LogP contribution < -0.4 is 10.6 Å². The monoisotopic (exact) mass is 302 g/mol. The first-order valence-corrected chi connectivity index (χ1v) is 8.09. The number of ether oxygens (including phenoxy) is 1. The number of aromatic nitrogens is 2. The maximum absolute atomic E-state index is 11.7. The van der Waals surface area contributed by atoms with Gasteiger partial charge in [0.15, 0.2) is 4.34 Å². The Morgan fingerprint density at radius 1 is 1.63 bits per heavy atom. The number of thioether (sulfide) groups is 1. The van der Waals surface area contributed by atoms with Gasteiger partial charge in [0.05, 0.1) is 6.61 Å². The lowest BCUT2D eigenvalue weighted by Gasteiger charge is -2.22.